The Balaban J connectivity index is 2.22. The standard InChI is InChI=1S/C17H19F3N4O4/c1-3-28-15(26)13-8-21-24(9-10(2)25)14(13)23-16(27)22-12-6-4-5-11(7-12)17(18,19)20/h4-8,10,25H,3,9H2,1-2H3,(H2,22,23,27). The molecule has 2 aromatic rings. The molecule has 0 radical (unpaired) electrons. The van der Waals surface area contributed by atoms with E-state index in [0.29, 0.717) is 0 Å². The summed E-state index contributed by atoms with van der Waals surface area (Å²) < 4.78 is 44.4. The first kappa shape index (κ1) is 21.2. The molecule has 0 saturated heterocycles. The van der Waals surface area contributed by atoms with E-state index in [1.54, 1.807) is 6.92 Å². The third-order valence-electron chi connectivity index (χ3n) is 3.45. The van der Waals surface area contributed by atoms with Gasteiger partial charge < -0.3 is 15.2 Å². The minimum Gasteiger partial charge on any atom is -0.462 e. The lowest BCUT2D eigenvalue weighted by atomic mass is 10.2. The first-order valence-electron chi connectivity index (χ1n) is 8.28. The quantitative estimate of drug-likeness (QED) is 0.646. The first-order chi connectivity index (χ1) is 13.1. The number of amides is 2. The fourth-order valence-corrected chi connectivity index (χ4v) is 2.31. The number of carbonyl (C=O) groups excluding carboxylic acids is 2. The van der Waals surface area contributed by atoms with Gasteiger partial charge in [-0.1, -0.05) is 6.07 Å². The molecule has 1 aromatic carbocycles. The van der Waals surface area contributed by atoms with Crippen molar-refractivity contribution in [3.63, 3.8) is 0 Å². The van der Waals surface area contributed by atoms with Crippen molar-refractivity contribution in [2.45, 2.75) is 32.7 Å². The zero-order chi connectivity index (χ0) is 20.9. The predicted molar refractivity (Wildman–Crippen MR) is 93.9 cm³/mol. The number of nitrogens with one attached hydrogen (secondary N) is 2. The Kier molecular flexibility index (Phi) is 6.62. The van der Waals surface area contributed by atoms with Crippen molar-refractivity contribution in [1.29, 1.82) is 0 Å². The molecule has 2 rings (SSSR count). The molecule has 152 valence electrons. The molecule has 1 atom stereocenters. The van der Waals surface area contributed by atoms with E-state index in [9.17, 15) is 27.9 Å². The summed E-state index contributed by atoms with van der Waals surface area (Å²) in [6.45, 7) is 3.15. The van der Waals surface area contributed by atoms with Gasteiger partial charge in [0.2, 0.25) is 0 Å². The van der Waals surface area contributed by atoms with Gasteiger partial charge in [-0.25, -0.2) is 14.3 Å². The maximum atomic E-state index is 12.8. The highest BCUT2D eigenvalue weighted by Gasteiger charge is 2.30. The number of nitrogens with zero attached hydrogens (tertiary/aromatic N) is 2. The average molecular weight is 400 g/mol. The smallest absolute Gasteiger partial charge is 0.416 e. The fourth-order valence-electron chi connectivity index (χ4n) is 2.31. The summed E-state index contributed by atoms with van der Waals surface area (Å²) in [6, 6.07) is 3.20. The number of ether oxygens (including phenoxy) is 1. The maximum Gasteiger partial charge on any atom is 0.416 e. The number of urea groups is 1. The number of anilines is 2. The Morgan fingerprint density at radius 1 is 1.32 bits per heavy atom. The van der Waals surface area contributed by atoms with Gasteiger partial charge in [0.1, 0.15) is 11.4 Å². The Morgan fingerprint density at radius 3 is 2.64 bits per heavy atom. The summed E-state index contributed by atoms with van der Waals surface area (Å²) in [5.41, 5.74) is -1.06. The van der Waals surface area contributed by atoms with Gasteiger partial charge in [-0.3, -0.25) is 5.32 Å². The molecule has 2 amide bonds. The van der Waals surface area contributed by atoms with Crippen molar-refractivity contribution < 1.29 is 32.6 Å². The predicted octanol–water partition coefficient (Wildman–Crippen LogP) is 3.10. The van der Waals surface area contributed by atoms with E-state index in [1.165, 1.54) is 23.9 Å². The van der Waals surface area contributed by atoms with Gasteiger partial charge in [0, 0.05) is 5.69 Å². The van der Waals surface area contributed by atoms with E-state index in [4.69, 9.17) is 4.74 Å². The van der Waals surface area contributed by atoms with Gasteiger partial charge in [0.05, 0.1) is 31.0 Å². The van der Waals surface area contributed by atoms with E-state index in [1.807, 2.05) is 0 Å². The van der Waals surface area contributed by atoms with Crippen molar-refractivity contribution in [1.82, 2.24) is 9.78 Å². The number of aromatic nitrogens is 2. The lowest BCUT2D eigenvalue weighted by molar-refractivity contribution is -0.137. The summed E-state index contributed by atoms with van der Waals surface area (Å²) in [4.78, 5) is 24.3. The van der Waals surface area contributed by atoms with E-state index in [-0.39, 0.29) is 30.2 Å². The molecule has 0 aliphatic carbocycles. The molecule has 0 aliphatic heterocycles. The van der Waals surface area contributed by atoms with Crippen molar-refractivity contribution in [2.24, 2.45) is 0 Å². The normalized spacial score (nSPS) is 12.4. The van der Waals surface area contributed by atoms with Crippen LogP contribution in [-0.2, 0) is 17.5 Å². The molecule has 11 heteroatoms. The topological polar surface area (TPSA) is 105 Å². The maximum absolute atomic E-state index is 12.8. The van der Waals surface area contributed by atoms with Crippen LogP contribution in [0.15, 0.2) is 30.5 Å². The first-order valence-corrected chi connectivity index (χ1v) is 8.28. The second-order valence-electron chi connectivity index (χ2n) is 5.82. The highest BCUT2D eigenvalue weighted by Crippen LogP contribution is 2.30. The van der Waals surface area contributed by atoms with Crippen LogP contribution in [0.25, 0.3) is 0 Å². The number of benzene rings is 1. The van der Waals surface area contributed by atoms with Crippen LogP contribution in [0.1, 0.15) is 29.8 Å². The number of aliphatic hydroxyl groups excluding tert-OH is 1. The number of esters is 1. The summed E-state index contributed by atoms with van der Waals surface area (Å²) in [5, 5.41) is 18.1. The largest absolute Gasteiger partial charge is 0.462 e. The van der Waals surface area contributed by atoms with Crippen molar-refractivity contribution in [2.75, 3.05) is 17.2 Å². The number of aliphatic hydroxyl groups is 1. The van der Waals surface area contributed by atoms with Crippen molar-refractivity contribution >= 4 is 23.5 Å². The minimum absolute atomic E-state index is 0.0292. The summed E-state index contributed by atoms with van der Waals surface area (Å²) in [5.74, 6) is -0.794. The van der Waals surface area contributed by atoms with Gasteiger partial charge in [0.15, 0.2) is 0 Å². The average Bonchev–Trinajstić information content (AvgIpc) is 2.96. The summed E-state index contributed by atoms with van der Waals surface area (Å²) in [7, 11) is 0. The Labute approximate surface area is 158 Å². The molecular weight excluding hydrogens is 381 g/mol. The molecule has 8 nitrogen and oxygen atoms in total. The van der Waals surface area contributed by atoms with Crippen LogP contribution in [0.4, 0.5) is 29.5 Å². The van der Waals surface area contributed by atoms with Crippen LogP contribution >= 0.6 is 0 Å². The molecule has 0 fully saturated rings. The SMILES string of the molecule is CCOC(=O)c1cnn(CC(C)O)c1NC(=O)Nc1cccc(C(F)(F)F)c1. The van der Waals surface area contributed by atoms with Crippen LogP contribution in [0.5, 0.6) is 0 Å². The van der Waals surface area contributed by atoms with E-state index < -0.39 is 29.8 Å². The highest BCUT2D eigenvalue weighted by molar-refractivity contribution is 6.04. The number of hydrogen-bond acceptors (Lipinski definition) is 5. The van der Waals surface area contributed by atoms with Crippen LogP contribution in [0.3, 0.4) is 0 Å². The Hall–Kier alpha value is -3.08. The van der Waals surface area contributed by atoms with E-state index >= 15 is 0 Å². The van der Waals surface area contributed by atoms with Crippen LogP contribution in [0, 0.1) is 0 Å². The van der Waals surface area contributed by atoms with Crippen LogP contribution in [-0.4, -0.2) is 39.6 Å². The molecule has 28 heavy (non-hydrogen) atoms. The van der Waals surface area contributed by atoms with E-state index in [0.717, 1.165) is 18.2 Å². The number of carbonyl (C=O) groups is 2. The highest BCUT2D eigenvalue weighted by atomic mass is 19.4. The number of alkyl halides is 3. The lowest BCUT2D eigenvalue weighted by Gasteiger charge is -2.14. The van der Waals surface area contributed by atoms with Gasteiger partial charge in [-0.15, -0.1) is 0 Å². The summed E-state index contributed by atoms with van der Waals surface area (Å²) >= 11 is 0. The third-order valence-corrected chi connectivity index (χ3v) is 3.45. The third kappa shape index (κ3) is 5.46. The molecule has 0 bridgehead atoms. The Morgan fingerprint density at radius 2 is 2.04 bits per heavy atom. The second-order valence-corrected chi connectivity index (χ2v) is 5.82. The van der Waals surface area contributed by atoms with Gasteiger partial charge in [0.25, 0.3) is 0 Å². The van der Waals surface area contributed by atoms with Gasteiger partial charge in [-0.05, 0) is 32.0 Å². The van der Waals surface area contributed by atoms with Crippen molar-refractivity contribution in [3.8, 4) is 0 Å². The molecule has 0 saturated carbocycles. The zero-order valence-electron chi connectivity index (χ0n) is 15.1. The van der Waals surface area contributed by atoms with Gasteiger partial charge in [-0.2, -0.15) is 18.3 Å². The molecule has 0 aliphatic rings. The lowest BCUT2D eigenvalue weighted by Crippen LogP contribution is -2.25. The Bertz CT molecular complexity index is 849. The fraction of sp³-hybridized carbons (Fsp3) is 0.353. The molecule has 1 unspecified atom stereocenters. The van der Waals surface area contributed by atoms with Crippen LogP contribution in [0.2, 0.25) is 0 Å². The zero-order valence-corrected chi connectivity index (χ0v) is 15.1. The molecule has 1 aromatic heterocycles. The number of rotatable bonds is 6. The summed E-state index contributed by atoms with van der Waals surface area (Å²) in [6.07, 6.45) is -4.22. The minimum atomic E-state index is -4.55. The number of hydrogen-bond donors (Lipinski definition) is 3. The molecular formula is C17H19F3N4O4. The molecule has 3 N–H and O–H groups in total. The molecule has 0 spiro atoms. The van der Waals surface area contributed by atoms with Crippen molar-refractivity contribution in [3.05, 3.63) is 41.6 Å². The van der Waals surface area contributed by atoms with Gasteiger partial charge >= 0.3 is 18.2 Å². The van der Waals surface area contributed by atoms with Crippen LogP contribution < -0.4 is 10.6 Å². The van der Waals surface area contributed by atoms with E-state index in [2.05, 4.69) is 15.7 Å². The monoisotopic (exact) mass is 400 g/mol. The number of halogens is 3. The molecule has 1 heterocycles. The second kappa shape index (κ2) is 8.74.